The van der Waals surface area contributed by atoms with Crippen LogP contribution in [-0.2, 0) is 22.3 Å². The maximum atomic E-state index is 8.22. The van der Waals surface area contributed by atoms with Crippen molar-refractivity contribution in [3.8, 4) is 12.5 Å². The van der Waals surface area contributed by atoms with Crippen LogP contribution in [-0.4, -0.2) is 13.2 Å². The second kappa shape index (κ2) is 8.90. The molecule has 0 unspecified atom stereocenters. The molecule has 0 saturated carbocycles. The van der Waals surface area contributed by atoms with Gasteiger partial charge in [0.1, 0.15) is 13.2 Å². The van der Waals surface area contributed by atoms with Gasteiger partial charge in [0.2, 0.25) is 0 Å². The summed E-state index contributed by atoms with van der Waals surface area (Å²) in [7, 11) is 0. The second-order valence-electron chi connectivity index (χ2n) is 3.90. The summed E-state index contributed by atoms with van der Waals surface area (Å²) < 4.78 is 9.24. The summed E-state index contributed by atoms with van der Waals surface area (Å²) in [6.45, 7) is 0.952. The Balaban J connectivity index is 2.25. The van der Waals surface area contributed by atoms with Gasteiger partial charge in [-0.1, -0.05) is 24.3 Å². The molecule has 0 spiro atoms. The standard InChI is InChI=1S/C14H16N2O2/c15-11-17-9-1-3-13-5-7-14(8-6-13)4-2-10-18-12-16/h5-8H,1-4,9-10H2. The van der Waals surface area contributed by atoms with Gasteiger partial charge in [-0.05, 0) is 36.8 Å². The molecule has 0 heterocycles. The van der Waals surface area contributed by atoms with Crippen molar-refractivity contribution in [1.29, 1.82) is 10.5 Å². The van der Waals surface area contributed by atoms with Crippen molar-refractivity contribution in [2.45, 2.75) is 25.7 Å². The van der Waals surface area contributed by atoms with Crippen molar-refractivity contribution in [1.82, 2.24) is 0 Å². The summed E-state index contributed by atoms with van der Waals surface area (Å²) in [5.41, 5.74) is 2.49. The van der Waals surface area contributed by atoms with Crippen molar-refractivity contribution in [3.05, 3.63) is 35.4 Å². The lowest BCUT2D eigenvalue weighted by Gasteiger charge is -2.03. The average Bonchev–Trinajstić information content (AvgIpc) is 2.41. The molecule has 0 atom stereocenters. The van der Waals surface area contributed by atoms with Crippen molar-refractivity contribution < 1.29 is 9.47 Å². The minimum absolute atomic E-state index is 0.476. The summed E-state index contributed by atoms with van der Waals surface area (Å²) >= 11 is 0. The molecular formula is C14H16N2O2. The van der Waals surface area contributed by atoms with Crippen LogP contribution < -0.4 is 0 Å². The largest absolute Gasteiger partial charge is 0.428 e. The number of benzene rings is 1. The highest BCUT2D eigenvalue weighted by atomic mass is 16.5. The fourth-order valence-electron chi connectivity index (χ4n) is 1.66. The molecule has 0 saturated heterocycles. The van der Waals surface area contributed by atoms with Gasteiger partial charge in [-0.25, -0.2) is 0 Å². The summed E-state index contributed by atoms with van der Waals surface area (Å²) in [5.74, 6) is 0. The van der Waals surface area contributed by atoms with Gasteiger partial charge in [0, 0.05) is 0 Å². The average molecular weight is 244 g/mol. The van der Waals surface area contributed by atoms with E-state index in [1.165, 1.54) is 11.1 Å². The first-order chi connectivity index (χ1) is 8.86. The minimum atomic E-state index is 0.476. The maximum absolute atomic E-state index is 8.22. The van der Waals surface area contributed by atoms with Crippen molar-refractivity contribution >= 4 is 0 Å². The van der Waals surface area contributed by atoms with Crippen molar-refractivity contribution in [3.63, 3.8) is 0 Å². The number of hydrogen-bond donors (Lipinski definition) is 0. The third kappa shape index (κ3) is 5.77. The van der Waals surface area contributed by atoms with Crippen LogP contribution in [0.1, 0.15) is 24.0 Å². The molecule has 0 aliphatic heterocycles. The maximum Gasteiger partial charge on any atom is 0.286 e. The van der Waals surface area contributed by atoms with Crippen molar-refractivity contribution in [2.75, 3.05) is 13.2 Å². The number of hydrogen-bond acceptors (Lipinski definition) is 4. The molecular weight excluding hydrogens is 228 g/mol. The Kier molecular flexibility index (Phi) is 6.85. The third-order valence-corrected chi connectivity index (χ3v) is 2.58. The number of nitrogens with zero attached hydrogens (tertiary/aromatic N) is 2. The summed E-state index contributed by atoms with van der Waals surface area (Å²) in [6, 6.07) is 8.36. The van der Waals surface area contributed by atoms with Crippen LogP contribution in [0.4, 0.5) is 0 Å². The van der Waals surface area contributed by atoms with Crippen LogP contribution in [0, 0.1) is 23.0 Å². The molecule has 4 nitrogen and oxygen atoms in total. The van der Waals surface area contributed by atoms with E-state index in [2.05, 4.69) is 33.7 Å². The molecule has 0 aliphatic rings. The van der Waals surface area contributed by atoms with Crippen LogP contribution in [0.15, 0.2) is 24.3 Å². The van der Waals surface area contributed by atoms with Crippen LogP contribution in [0.3, 0.4) is 0 Å². The van der Waals surface area contributed by atoms with E-state index in [-0.39, 0.29) is 0 Å². The van der Waals surface area contributed by atoms with Crippen LogP contribution in [0.25, 0.3) is 0 Å². The van der Waals surface area contributed by atoms with Gasteiger partial charge in [-0.15, -0.1) is 0 Å². The highest BCUT2D eigenvalue weighted by molar-refractivity contribution is 5.22. The summed E-state index contributed by atoms with van der Waals surface area (Å²) in [4.78, 5) is 0. The SMILES string of the molecule is N#COCCCc1ccc(CCCOC#N)cc1. The van der Waals surface area contributed by atoms with Crippen molar-refractivity contribution in [2.24, 2.45) is 0 Å². The molecule has 0 fully saturated rings. The van der Waals surface area contributed by atoms with E-state index >= 15 is 0 Å². The summed E-state index contributed by atoms with van der Waals surface area (Å²) in [5, 5.41) is 16.4. The topological polar surface area (TPSA) is 66.0 Å². The van der Waals surface area contributed by atoms with Gasteiger partial charge < -0.3 is 9.47 Å². The van der Waals surface area contributed by atoms with E-state index in [4.69, 9.17) is 10.5 Å². The van der Waals surface area contributed by atoms with Gasteiger partial charge >= 0.3 is 0 Å². The zero-order valence-electron chi connectivity index (χ0n) is 10.3. The first kappa shape index (κ1) is 13.9. The predicted molar refractivity (Wildman–Crippen MR) is 66.2 cm³/mol. The Hall–Kier alpha value is -2.20. The Labute approximate surface area is 107 Å². The summed E-state index contributed by atoms with van der Waals surface area (Å²) in [6.07, 6.45) is 6.86. The fourth-order valence-corrected chi connectivity index (χ4v) is 1.66. The Morgan fingerprint density at radius 1 is 0.778 bits per heavy atom. The molecule has 0 bridgehead atoms. The Morgan fingerprint density at radius 2 is 1.17 bits per heavy atom. The van der Waals surface area contributed by atoms with E-state index in [0.717, 1.165) is 25.7 Å². The number of rotatable bonds is 8. The lowest BCUT2D eigenvalue weighted by molar-refractivity contribution is 0.265. The fraction of sp³-hybridized carbons (Fsp3) is 0.429. The Bertz CT molecular complexity index is 374. The molecule has 0 N–H and O–H groups in total. The first-order valence-electron chi connectivity index (χ1n) is 5.96. The number of aryl methyl sites for hydroxylation is 2. The van der Waals surface area contributed by atoms with E-state index in [9.17, 15) is 0 Å². The van der Waals surface area contributed by atoms with Crippen LogP contribution >= 0.6 is 0 Å². The zero-order valence-corrected chi connectivity index (χ0v) is 10.3. The van der Waals surface area contributed by atoms with Gasteiger partial charge in [0.25, 0.3) is 12.5 Å². The van der Waals surface area contributed by atoms with Gasteiger partial charge in [-0.2, -0.15) is 10.5 Å². The van der Waals surface area contributed by atoms with E-state index in [1.54, 1.807) is 12.5 Å². The normalized spacial score (nSPS) is 9.22. The Morgan fingerprint density at radius 3 is 1.50 bits per heavy atom. The lowest BCUT2D eigenvalue weighted by atomic mass is 10.0. The van der Waals surface area contributed by atoms with Crippen LogP contribution in [0.2, 0.25) is 0 Å². The number of nitriles is 2. The van der Waals surface area contributed by atoms with Gasteiger partial charge in [0.15, 0.2) is 0 Å². The lowest BCUT2D eigenvalue weighted by Crippen LogP contribution is -1.94. The molecule has 1 aromatic rings. The molecule has 0 amide bonds. The quantitative estimate of drug-likeness (QED) is 0.520. The highest BCUT2D eigenvalue weighted by Crippen LogP contribution is 2.08. The zero-order chi connectivity index (χ0) is 13.1. The van der Waals surface area contributed by atoms with Gasteiger partial charge in [0.05, 0.1) is 0 Å². The van der Waals surface area contributed by atoms with Gasteiger partial charge in [-0.3, -0.25) is 0 Å². The minimum Gasteiger partial charge on any atom is -0.428 e. The van der Waals surface area contributed by atoms with E-state index < -0.39 is 0 Å². The van der Waals surface area contributed by atoms with E-state index in [0.29, 0.717) is 13.2 Å². The van der Waals surface area contributed by atoms with Crippen LogP contribution in [0.5, 0.6) is 0 Å². The molecule has 0 radical (unpaired) electrons. The predicted octanol–water partition coefficient (Wildman–Crippen LogP) is 2.55. The molecule has 1 rings (SSSR count). The molecule has 0 aromatic heterocycles. The first-order valence-corrected chi connectivity index (χ1v) is 5.96. The third-order valence-electron chi connectivity index (χ3n) is 2.58. The molecule has 94 valence electrons. The molecule has 18 heavy (non-hydrogen) atoms. The molecule has 4 heteroatoms. The molecule has 0 aliphatic carbocycles. The smallest absolute Gasteiger partial charge is 0.286 e. The highest BCUT2D eigenvalue weighted by Gasteiger charge is 1.96. The number of ether oxygens (including phenoxy) is 2. The molecule has 1 aromatic carbocycles. The van der Waals surface area contributed by atoms with E-state index in [1.807, 2.05) is 0 Å². The monoisotopic (exact) mass is 244 g/mol. The second-order valence-corrected chi connectivity index (χ2v) is 3.90.